The van der Waals surface area contributed by atoms with Crippen LogP contribution in [0.5, 0.6) is 17.2 Å². The van der Waals surface area contributed by atoms with Crippen molar-refractivity contribution in [2.75, 3.05) is 26.3 Å². The van der Waals surface area contributed by atoms with Crippen molar-refractivity contribution in [3.05, 3.63) is 60.0 Å². The maximum absolute atomic E-state index is 12.5. The first-order valence-electron chi connectivity index (χ1n) is 10.0. The van der Waals surface area contributed by atoms with Crippen molar-refractivity contribution in [1.82, 2.24) is 4.90 Å². The van der Waals surface area contributed by atoms with E-state index < -0.39 is 16.2 Å². The van der Waals surface area contributed by atoms with E-state index in [4.69, 9.17) is 9.47 Å². The third kappa shape index (κ3) is 7.79. The number of rotatable bonds is 8. The van der Waals surface area contributed by atoms with Crippen LogP contribution in [0.2, 0.25) is 0 Å². The fourth-order valence-electron chi connectivity index (χ4n) is 2.99. The molecule has 1 amide bonds. The third-order valence-electron chi connectivity index (χ3n) is 4.61. The summed E-state index contributed by atoms with van der Waals surface area (Å²) in [4.78, 5) is 13.8. The number of carbonyl (C=O) groups is 1. The average molecular weight is 485 g/mol. The minimum absolute atomic E-state index is 0.0412. The van der Waals surface area contributed by atoms with Gasteiger partial charge in [0.25, 0.3) is 0 Å². The number of amides is 1. The van der Waals surface area contributed by atoms with Crippen LogP contribution in [0.15, 0.2) is 64.9 Å². The zero-order chi connectivity index (χ0) is 23.9. The van der Waals surface area contributed by atoms with Gasteiger partial charge in [-0.2, -0.15) is 0 Å². The van der Waals surface area contributed by atoms with Crippen molar-refractivity contribution in [3.63, 3.8) is 0 Å². The molecule has 33 heavy (non-hydrogen) atoms. The van der Waals surface area contributed by atoms with Crippen LogP contribution in [0.1, 0.15) is 12.8 Å². The number of alkyl halides is 3. The molecule has 0 N–H and O–H groups in total. The van der Waals surface area contributed by atoms with Crippen LogP contribution < -0.4 is 9.47 Å². The lowest BCUT2D eigenvalue weighted by Crippen LogP contribution is -2.40. The maximum Gasteiger partial charge on any atom is 0.573 e. The molecule has 0 saturated carbocycles. The number of allylic oxidation sites excluding steroid dienone is 1. The summed E-state index contributed by atoms with van der Waals surface area (Å²) in [6.07, 6.45) is -2.82. The van der Waals surface area contributed by atoms with E-state index in [0.29, 0.717) is 38.5 Å². The number of sulfone groups is 1. The van der Waals surface area contributed by atoms with Gasteiger partial charge in [-0.3, -0.25) is 4.79 Å². The number of ether oxygens (including phenoxy) is 3. The maximum atomic E-state index is 12.5. The fraction of sp³-hybridized carbons (Fsp3) is 0.318. The molecule has 0 aromatic heterocycles. The topological polar surface area (TPSA) is 82.1 Å². The predicted molar refractivity (Wildman–Crippen MR) is 113 cm³/mol. The number of benzene rings is 2. The Labute approximate surface area is 189 Å². The summed E-state index contributed by atoms with van der Waals surface area (Å²) in [5.74, 6) is 0.137. The van der Waals surface area contributed by atoms with Crippen molar-refractivity contribution in [2.24, 2.45) is 0 Å². The van der Waals surface area contributed by atoms with E-state index in [1.54, 1.807) is 4.90 Å². The number of hydrogen-bond acceptors (Lipinski definition) is 6. The number of halogens is 3. The molecule has 3 rings (SSSR count). The normalized spacial score (nSPS) is 14.9. The summed E-state index contributed by atoms with van der Waals surface area (Å²) in [7, 11) is -3.70. The number of carbonyl (C=O) groups excluding carboxylic acids is 1. The minimum Gasteiger partial charge on any atom is -0.457 e. The lowest BCUT2D eigenvalue weighted by Gasteiger charge is -2.26. The minimum atomic E-state index is -4.78. The molecule has 1 aliphatic rings. The van der Waals surface area contributed by atoms with Crippen LogP contribution in [-0.4, -0.2) is 51.9 Å². The largest absolute Gasteiger partial charge is 0.573 e. The van der Waals surface area contributed by atoms with Gasteiger partial charge in [-0.15, -0.1) is 13.2 Å². The van der Waals surface area contributed by atoms with Crippen molar-refractivity contribution < 1.29 is 40.6 Å². The van der Waals surface area contributed by atoms with Gasteiger partial charge in [0.2, 0.25) is 5.91 Å². The van der Waals surface area contributed by atoms with Gasteiger partial charge in [-0.25, -0.2) is 8.42 Å². The van der Waals surface area contributed by atoms with Gasteiger partial charge in [-0.1, -0.05) is 6.08 Å². The zero-order valence-corrected chi connectivity index (χ0v) is 18.3. The standard InChI is InChI=1S/C22H22F3NO6S/c23-22(24,25)32-19-6-4-17(5-7-19)31-18-8-10-20(11-9-18)33(28,29)16-2-1-3-21(27)26-12-14-30-15-13-26/h2,4-11,16H,1,3,12-15H2/b16-2+. The molecule has 178 valence electrons. The summed E-state index contributed by atoms with van der Waals surface area (Å²) >= 11 is 0. The molecule has 1 heterocycles. The van der Waals surface area contributed by atoms with Crippen molar-refractivity contribution in [3.8, 4) is 17.2 Å². The zero-order valence-electron chi connectivity index (χ0n) is 17.5. The van der Waals surface area contributed by atoms with E-state index in [1.165, 1.54) is 42.5 Å². The molecule has 7 nitrogen and oxygen atoms in total. The highest BCUT2D eigenvalue weighted by atomic mass is 32.2. The van der Waals surface area contributed by atoms with Gasteiger partial charge in [0.05, 0.1) is 18.1 Å². The van der Waals surface area contributed by atoms with E-state index in [-0.39, 0.29) is 28.7 Å². The molecule has 0 bridgehead atoms. The summed E-state index contributed by atoms with van der Waals surface area (Å²) in [5, 5.41) is 1.06. The Bertz CT molecular complexity index is 1060. The lowest BCUT2D eigenvalue weighted by molar-refractivity contribution is -0.274. The Hall–Kier alpha value is -3.05. The number of morpholine rings is 1. The van der Waals surface area contributed by atoms with E-state index in [0.717, 1.165) is 17.5 Å². The summed E-state index contributed by atoms with van der Waals surface area (Å²) < 4.78 is 76.0. The van der Waals surface area contributed by atoms with Crippen molar-refractivity contribution >= 4 is 15.7 Å². The molecule has 0 atom stereocenters. The molecule has 0 spiro atoms. The molecule has 1 aliphatic heterocycles. The van der Waals surface area contributed by atoms with Gasteiger partial charge in [0.1, 0.15) is 17.2 Å². The number of hydrogen-bond donors (Lipinski definition) is 0. The highest BCUT2D eigenvalue weighted by Gasteiger charge is 2.31. The quantitative estimate of drug-likeness (QED) is 0.555. The highest BCUT2D eigenvalue weighted by Crippen LogP contribution is 2.28. The molecule has 1 saturated heterocycles. The predicted octanol–water partition coefficient (Wildman–Crippen LogP) is 4.30. The first-order chi connectivity index (χ1) is 15.6. The second-order valence-corrected chi connectivity index (χ2v) is 8.87. The fourth-order valence-corrected chi connectivity index (χ4v) is 4.06. The molecule has 0 radical (unpaired) electrons. The van der Waals surface area contributed by atoms with Gasteiger partial charge in [0, 0.05) is 24.9 Å². The SMILES string of the molecule is O=C(CC/C=C/S(=O)(=O)c1ccc(Oc2ccc(OC(F)(F)F)cc2)cc1)N1CCOCC1. The van der Waals surface area contributed by atoms with Crippen LogP contribution in [0.3, 0.4) is 0 Å². The van der Waals surface area contributed by atoms with Gasteiger partial charge >= 0.3 is 6.36 Å². The molecule has 11 heteroatoms. The Morgan fingerprint density at radius 3 is 2.09 bits per heavy atom. The Morgan fingerprint density at radius 1 is 0.970 bits per heavy atom. The Morgan fingerprint density at radius 2 is 1.52 bits per heavy atom. The van der Waals surface area contributed by atoms with Crippen LogP contribution in [0.4, 0.5) is 13.2 Å². The second-order valence-electron chi connectivity index (χ2n) is 7.04. The smallest absolute Gasteiger partial charge is 0.457 e. The van der Waals surface area contributed by atoms with Crippen LogP contribution in [-0.2, 0) is 19.4 Å². The second kappa shape index (κ2) is 10.7. The van der Waals surface area contributed by atoms with Crippen LogP contribution in [0.25, 0.3) is 0 Å². The first kappa shape index (κ1) is 24.6. The Balaban J connectivity index is 1.52. The lowest BCUT2D eigenvalue weighted by atomic mass is 10.2. The first-order valence-corrected chi connectivity index (χ1v) is 11.6. The third-order valence-corrected chi connectivity index (χ3v) is 6.09. The Kier molecular flexibility index (Phi) is 7.98. The molecule has 2 aromatic carbocycles. The molecule has 0 aliphatic carbocycles. The van der Waals surface area contributed by atoms with Crippen LogP contribution in [0, 0.1) is 0 Å². The molecule has 1 fully saturated rings. The van der Waals surface area contributed by atoms with E-state index in [9.17, 15) is 26.4 Å². The van der Waals surface area contributed by atoms with Crippen LogP contribution >= 0.6 is 0 Å². The van der Waals surface area contributed by atoms with Gasteiger partial charge in [0.15, 0.2) is 9.84 Å². The molecule has 2 aromatic rings. The molecule has 0 unspecified atom stereocenters. The summed E-state index contributed by atoms with van der Waals surface area (Å²) in [6.45, 7) is 2.10. The van der Waals surface area contributed by atoms with Crippen molar-refractivity contribution in [2.45, 2.75) is 24.1 Å². The van der Waals surface area contributed by atoms with Crippen molar-refractivity contribution in [1.29, 1.82) is 0 Å². The van der Waals surface area contributed by atoms with E-state index in [1.807, 2.05) is 0 Å². The van der Waals surface area contributed by atoms with Gasteiger partial charge < -0.3 is 19.1 Å². The average Bonchev–Trinajstić information content (AvgIpc) is 2.78. The summed E-state index contributed by atoms with van der Waals surface area (Å²) in [6, 6.07) is 10.4. The number of nitrogens with zero attached hydrogens (tertiary/aromatic N) is 1. The monoisotopic (exact) mass is 485 g/mol. The van der Waals surface area contributed by atoms with Gasteiger partial charge in [-0.05, 0) is 55.0 Å². The molecular weight excluding hydrogens is 463 g/mol. The van der Waals surface area contributed by atoms with E-state index in [2.05, 4.69) is 4.74 Å². The van der Waals surface area contributed by atoms with E-state index >= 15 is 0 Å². The molecular formula is C22H22F3NO6S. The summed E-state index contributed by atoms with van der Waals surface area (Å²) in [5.41, 5.74) is 0. The highest BCUT2D eigenvalue weighted by molar-refractivity contribution is 7.94.